The number of imide groups is 1. The standard InChI is InChI=1S/C14H9N3O4/c18-13-10-2-1-3-11(12(10)14(19)16-13)15-8-4-6-9(7-5-8)17(20)21/h1-7,15H,(H,16,18,19). The first kappa shape index (κ1) is 12.8. The fourth-order valence-electron chi connectivity index (χ4n) is 2.15. The van der Waals surface area contributed by atoms with Crippen molar-refractivity contribution in [3.63, 3.8) is 0 Å². The van der Waals surface area contributed by atoms with Gasteiger partial charge in [-0.2, -0.15) is 0 Å². The number of hydrogen-bond donors (Lipinski definition) is 2. The maximum absolute atomic E-state index is 11.8. The van der Waals surface area contributed by atoms with E-state index in [1.54, 1.807) is 18.2 Å². The zero-order chi connectivity index (χ0) is 15.0. The average molecular weight is 283 g/mol. The summed E-state index contributed by atoms with van der Waals surface area (Å²) in [6, 6.07) is 10.7. The quantitative estimate of drug-likeness (QED) is 0.511. The molecule has 7 nitrogen and oxygen atoms in total. The number of carbonyl (C=O) groups is 2. The van der Waals surface area contributed by atoms with Crippen molar-refractivity contribution in [1.82, 2.24) is 5.32 Å². The number of nitro groups is 1. The number of non-ortho nitro benzene ring substituents is 1. The van der Waals surface area contributed by atoms with E-state index in [4.69, 9.17) is 0 Å². The van der Waals surface area contributed by atoms with Crippen LogP contribution in [0.5, 0.6) is 0 Å². The number of nitrogens with zero attached hydrogens (tertiary/aromatic N) is 1. The molecule has 0 fully saturated rings. The summed E-state index contributed by atoms with van der Waals surface area (Å²) >= 11 is 0. The van der Waals surface area contributed by atoms with Crippen LogP contribution >= 0.6 is 0 Å². The second-order valence-electron chi connectivity index (χ2n) is 4.44. The summed E-state index contributed by atoms with van der Waals surface area (Å²) in [4.78, 5) is 33.4. The summed E-state index contributed by atoms with van der Waals surface area (Å²) in [5.74, 6) is -0.887. The molecule has 0 atom stereocenters. The molecule has 0 unspecified atom stereocenters. The van der Waals surface area contributed by atoms with Crippen LogP contribution in [0.2, 0.25) is 0 Å². The van der Waals surface area contributed by atoms with Gasteiger partial charge in [0.25, 0.3) is 17.5 Å². The first-order valence-corrected chi connectivity index (χ1v) is 6.06. The Kier molecular flexibility index (Phi) is 2.87. The van der Waals surface area contributed by atoms with Crippen molar-refractivity contribution in [1.29, 1.82) is 0 Å². The van der Waals surface area contributed by atoms with Crippen molar-refractivity contribution in [3.8, 4) is 0 Å². The first-order valence-electron chi connectivity index (χ1n) is 6.06. The monoisotopic (exact) mass is 283 g/mol. The molecule has 0 bridgehead atoms. The van der Waals surface area contributed by atoms with Crippen LogP contribution in [0.3, 0.4) is 0 Å². The third-order valence-electron chi connectivity index (χ3n) is 3.12. The molecule has 2 amide bonds. The number of nitrogens with one attached hydrogen (secondary N) is 2. The van der Waals surface area contributed by atoms with Crippen LogP contribution in [0.15, 0.2) is 42.5 Å². The second-order valence-corrected chi connectivity index (χ2v) is 4.44. The van der Waals surface area contributed by atoms with E-state index in [9.17, 15) is 19.7 Å². The molecule has 0 radical (unpaired) electrons. The molecule has 0 saturated carbocycles. The summed E-state index contributed by atoms with van der Waals surface area (Å²) in [5, 5.41) is 15.8. The molecule has 2 aromatic carbocycles. The largest absolute Gasteiger partial charge is 0.355 e. The number of amides is 2. The van der Waals surface area contributed by atoms with Gasteiger partial charge in [-0.25, -0.2) is 0 Å². The molecule has 2 N–H and O–H groups in total. The molecule has 2 aromatic rings. The first-order chi connectivity index (χ1) is 10.1. The van der Waals surface area contributed by atoms with Gasteiger partial charge in [0.15, 0.2) is 0 Å². The Morgan fingerprint density at radius 1 is 1.00 bits per heavy atom. The highest BCUT2D eigenvalue weighted by atomic mass is 16.6. The van der Waals surface area contributed by atoms with E-state index in [0.717, 1.165) is 0 Å². The predicted molar refractivity (Wildman–Crippen MR) is 74.6 cm³/mol. The molecule has 7 heteroatoms. The Morgan fingerprint density at radius 3 is 2.38 bits per heavy atom. The van der Waals surface area contributed by atoms with E-state index in [0.29, 0.717) is 16.9 Å². The number of anilines is 2. The van der Waals surface area contributed by atoms with Gasteiger partial charge in [0, 0.05) is 17.8 Å². The lowest BCUT2D eigenvalue weighted by Crippen LogP contribution is -2.20. The van der Waals surface area contributed by atoms with Gasteiger partial charge < -0.3 is 5.32 Å². The van der Waals surface area contributed by atoms with E-state index in [1.807, 2.05) is 0 Å². The number of carbonyl (C=O) groups excluding carboxylic acids is 2. The van der Waals surface area contributed by atoms with Gasteiger partial charge in [0.05, 0.1) is 21.7 Å². The van der Waals surface area contributed by atoms with Crippen molar-refractivity contribution in [2.24, 2.45) is 0 Å². The van der Waals surface area contributed by atoms with Crippen molar-refractivity contribution < 1.29 is 14.5 Å². The molecule has 1 aliphatic rings. The highest BCUT2D eigenvalue weighted by Crippen LogP contribution is 2.27. The number of hydrogen-bond acceptors (Lipinski definition) is 5. The Morgan fingerprint density at radius 2 is 1.71 bits per heavy atom. The minimum absolute atomic E-state index is 0.0215. The van der Waals surface area contributed by atoms with Gasteiger partial charge in [-0.3, -0.25) is 25.0 Å². The number of fused-ring (bicyclic) bond motifs is 1. The molecule has 21 heavy (non-hydrogen) atoms. The normalized spacial score (nSPS) is 12.8. The van der Waals surface area contributed by atoms with Gasteiger partial charge in [0.1, 0.15) is 0 Å². The van der Waals surface area contributed by atoms with E-state index in [2.05, 4.69) is 10.6 Å². The van der Waals surface area contributed by atoms with Gasteiger partial charge >= 0.3 is 0 Å². The maximum atomic E-state index is 11.8. The Hall–Kier alpha value is -3.22. The van der Waals surface area contributed by atoms with Crippen LogP contribution in [-0.2, 0) is 0 Å². The minimum atomic E-state index is -0.490. The van der Waals surface area contributed by atoms with Crippen LogP contribution in [-0.4, -0.2) is 16.7 Å². The predicted octanol–water partition coefficient (Wildman–Crippen LogP) is 2.22. The maximum Gasteiger partial charge on any atom is 0.269 e. The zero-order valence-electron chi connectivity index (χ0n) is 10.6. The smallest absolute Gasteiger partial charge is 0.269 e. The summed E-state index contributed by atoms with van der Waals surface area (Å²) in [5.41, 5.74) is 1.63. The average Bonchev–Trinajstić information content (AvgIpc) is 2.76. The summed E-state index contributed by atoms with van der Waals surface area (Å²) in [6.07, 6.45) is 0. The number of benzene rings is 2. The molecule has 0 aromatic heterocycles. The fourth-order valence-corrected chi connectivity index (χ4v) is 2.15. The van der Waals surface area contributed by atoms with Crippen molar-refractivity contribution in [3.05, 3.63) is 63.7 Å². The van der Waals surface area contributed by atoms with Crippen LogP contribution in [0.25, 0.3) is 0 Å². The van der Waals surface area contributed by atoms with Gasteiger partial charge in [-0.15, -0.1) is 0 Å². The third-order valence-corrected chi connectivity index (χ3v) is 3.12. The van der Waals surface area contributed by atoms with Gasteiger partial charge in [0.2, 0.25) is 0 Å². The summed E-state index contributed by atoms with van der Waals surface area (Å²) < 4.78 is 0. The van der Waals surface area contributed by atoms with Gasteiger partial charge in [-0.1, -0.05) is 6.07 Å². The van der Waals surface area contributed by atoms with E-state index in [1.165, 1.54) is 24.3 Å². The van der Waals surface area contributed by atoms with Crippen LogP contribution < -0.4 is 10.6 Å². The lowest BCUT2D eigenvalue weighted by Gasteiger charge is -2.09. The van der Waals surface area contributed by atoms with Crippen molar-refractivity contribution >= 4 is 28.9 Å². The van der Waals surface area contributed by atoms with Gasteiger partial charge in [-0.05, 0) is 24.3 Å². The Labute approximate surface area is 118 Å². The SMILES string of the molecule is O=C1NC(=O)c2c(Nc3ccc([N+](=O)[O-])cc3)cccc21. The molecule has 1 aliphatic heterocycles. The van der Waals surface area contributed by atoms with E-state index < -0.39 is 16.7 Å². The molecule has 0 aliphatic carbocycles. The highest BCUT2D eigenvalue weighted by Gasteiger charge is 2.29. The third kappa shape index (κ3) is 2.20. The molecular formula is C14H9N3O4. The fraction of sp³-hybridized carbons (Fsp3) is 0. The molecule has 3 rings (SSSR count). The van der Waals surface area contributed by atoms with Crippen LogP contribution in [0.4, 0.5) is 17.1 Å². The Bertz CT molecular complexity index is 768. The molecule has 0 saturated heterocycles. The van der Waals surface area contributed by atoms with E-state index >= 15 is 0 Å². The molecule has 1 heterocycles. The lowest BCUT2D eigenvalue weighted by molar-refractivity contribution is -0.384. The topological polar surface area (TPSA) is 101 Å². The van der Waals surface area contributed by atoms with E-state index in [-0.39, 0.29) is 11.3 Å². The molecule has 0 spiro atoms. The Balaban J connectivity index is 1.94. The molecular weight excluding hydrogens is 274 g/mol. The van der Waals surface area contributed by atoms with Crippen molar-refractivity contribution in [2.75, 3.05) is 5.32 Å². The van der Waals surface area contributed by atoms with Crippen molar-refractivity contribution in [2.45, 2.75) is 0 Å². The minimum Gasteiger partial charge on any atom is -0.355 e. The zero-order valence-corrected chi connectivity index (χ0v) is 10.6. The summed E-state index contributed by atoms with van der Waals surface area (Å²) in [7, 11) is 0. The molecule has 104 valence electrons. The highest BCUT2D eigenvalue weighted by molar-refractivity contribution is 6.24. The van der Waals surface area contributed by atoms with Crippen LogP contribution in [0.1, 0.15) is 20.7 Å². The number of nitro benzene ring substituents is 1. The van der Waals surface area contributed by atoms with Crippen LogP contribution in [0, 0.1) is 10.1 Å². The number of rotatable bonds is 3. The second kappa shape index (κ2) is 4.71. The lowest BCUT2D eigenvalue weighted by atomic mass is 10.1. The summed E-state index contributed by atoms with van der Waals surface area (Å²) in [6.45, 7) is 0.